The lowest BCUT2D eigenvalue weighted by Gasteiger charge is -2.31. The number of piperidine rings is 1. The normalized spacial score (nSPS) is 15.1. The third kappa shape index (κ3) is 4.75. The van der Waals surface area contributed by atoms with Crippen LogP contribution in [0.25, 0.3) is 5.65 Å². The van der Waals surface area contributed by atoms with Gasteiger partial charge in [0.25, 0.3) is 0 Å². The second-order valence-electron chi connectivity index (χ2n) is 9.46. The number of nitrogens with zero attached hydrogens (tertiary/aromatic N) is 6. The molecule has 1 saturated heterocycles. The molecule has 9 nitrogen and oxygen atoms in total. The Kier molecular flexibility index (Phi) is 6.33. The van der Waals surface area contributed by atoms with Gasteiger partial charge in [-0.05, 0) is 42.5 Å². The number of hydrogen-bond acceptors (Lipinski definition) is 8. The largest absolute Gasteiger partial charge is 0.351 e. The molecular weight excluding hydrogens is 481 g/mol. The van der Waals surface area contributed by atoms with Gasteiger partial charge in [-0.25, -0.2) is 32.7 Å². The van der Waals surface area contributed by atoms with Crippen LogP contribution in [0.5, 0.6) is 0 Å². The van der Waals surface area contributed by atoms with Gasteiger partial charge in [-0.1, -0.05) is 13.8 Å². The first-order valence-corrected chi connectivity index (χ1v) is 13.7. The van der Waals surface area contributed by atoms with Crippen LogP contribution >= 0.6 is 0 Å². The lowest BCUT2D eigenvalue weighted by Crippen LogP contribution is -2.34. The highest BCUT2D eigenvalue weighted by molar-refractivity contribution is 7.90. The molecular formula is C25H28FN7O2S. The molecule has 188 valence electrons. The average molecular weight is 510 g/mol. The molecule has 4 aromatic rings. The highest BCUT2D eigenvalue weighted by Crippen LogP contribution is 2.32. The Bertz CT molecular complexity index is 1490. The summed E-state index contributed by atoms with van der Waals surface area (Å²) in [6, 6.07) is 3.94. The van der Waals surface area contributed by atoms with Crippen LogP contribution in [0.3, 0.4) is 0 Å². The summed E-state index contributed by atoms with van der Waals surface area (Å²) < 4.78 is 39.7. The first kappa shape index (κ1) is 24.1. The molecule has 1 N–H and O–H groups in total. The first-order valence-electron chi connectivity index (χ1n) is 11.8. The summed E-state index contributed by atoms with van der Waals surface area (Å²) in [5, 5.41) is 3.12. The lowest BCUT2D eigenvalue weighted by atomic mass is 9.94. The highest BCUT2D eigenvalue weighted by atomic mass is 32.2. The molecule has 0 radical (unpaired) electrons. The standard InChI is InChI=1S/C25H28FN7O2S/c1-16(2)18-11-29-25(30-12-18)32-8-6-17(7-9-32)22-14-28-24-21(13-27-15-33(22)24)31-19-4-5-23(20(26)10-19)36(3,34)35/h4-5,10-17,31H,6-9H2,1-3H3. The van der Waals surface area contributed by atoms with Gasteiger partial charge in [0.1, 0.15) is 22.7 Å². The molecule has 3 aromatic heterocycles. The molecule has 1 aliphatic heterocycles. The maximum Gasteiger partial charge on any atom is 0.225 e. The van der Waals surface area contributed by atoms with E-state index in [1.807, 2.05) is 23.0 Å². The van der Waals surface area contributed by atoms with Crippen LogP contribution in [0.4, 0.5) is 21.7 Å². The number of hydrogen-bond donors (Lipinski definition) is 1. The Morgan fingerprint density at radius 2 is 1.78 bits per heavy atom. The van der Waals surface area contributed by atoms with Crippen molar-refractivity contribution in [1.82, 2.24) is 24.3 Å². The fraction of sp³-hybridized carbons (Fsp3) is 0.360. The maximum absolute atomic E-state index is 14.4. The summed E-state index contributed by atoms with van der Waals surface area (Å²) >= 11 is 0. The molecule has 1 aromatic carbocycles. The van der Waals surface area contributed by atoms with Gasteiger partial charge < -0.3 is 10.2 Å². The van der Waals surface area contributed by atoms with Gasteiger partial charge >= 0.3 is 0 Å². The molecule has 0 aliphatic carbocycles. The van der Waals surface area contributed by atoms with Gasteiger partial charge in [0, 0.05) is 55.2 Å². The Balaban J connectivity index is 1.32. The van der Waals surface area contributed by atoms with E-state index in [2.05, 4.69) is 44.0 Å². The van der Waals surface area contributed by atoms with Crippen molar-refractivity contribution < 1.29 is 12.8 Å². The molecule has 4 heterocycles. The van der Waals surface area contributed by atoms with Gasteiger partial charge in [0.05, 0.1) is 6.20 Å². The quantitative estimate of drug-likeness (QED) is 0.410. The molecule has 0 amide bonds. The lowest BCUT2D eigenvalue weighted by molar-refractivity contribution is 0.488. The van der Waals surface area contributed by atoms with Gasteiger partial charge in [-0.3, -0.25) is 4.40 Å². The van der Waals surface area contributed by atoms with E-state index in [9.17, 15) is 12.8 Å². The summed E-state index contributed by atoms with van der Waals surface area (Å²) in [6.45, 7) is 5.94. The van der Waals surface area contributed by atoms with Gasteiger partial charge in [0.15, 0.2) is 15.5 Å². The molecule has 36 heavy (non-hydrogen) atoms. The van der Waals surface area contributed by atoms with Crippen LogP contribution in [0.2, 0.25) is 0 Å². The zero-order chi connectivity index (χ0) is 25.4. The summed E-state index contributed by atoms with van der Waals surface area (Å²) in [6.07, 6.45) is 11.9. The van der Waals surface area contributed by atoms with E-state index in [4.69, 9.17) is 0 Å². The van der Waals surface area contributed by atoms with Crippen LogP contribution in [0.1, 0.15) is 49.8 Å². The molecule has 11 heteroatoms. The van der Waals surface area contributed by atoms with E-state index < -0.39 is 15.7 Å². The smallest absolute Gasteiger partial charge is 0.225 e. The second kappa shape index (κ2) is 9.45. The van der Waals surface area contributed by atoms with Crippen molar-refractivity contribution in [2.45, 2.75) is 43.4 Å². The van der Waals surface area contributed by atoms with Crippen LogP contribution in [0, 0.1) is 5.82 Å². The third-order valence-corrected chi connectivity index (χ3v) is 7.71. The molecule has 0 bridgehead atoms. The molecule has 1 fully saturated rings. The van der Waals surface area contributed by atoms with Crippen molar-refractivity contribution in [3.05, 3.63) is 66.4 Å². The maximum atomic E-state index is 14.4. The average Bonchev–Trinajstić information content (AvgIpc) is 3.29. The number of anilines is 3. The number of sulfone groups is 1. The minimum atomic E-state index is -3.64. The SMILES string of the molecule is CC(C)c1cnc(N2CCC(c3cnc4c(Nc5ccc(S(C)(=O)=O)c(F)c5)cncn34)CC2)nc1. The van der Waals surface area contributed by atoms with Gasteiger partial charge in [-0.15, -0.1) is 0 Å². The van der Waals surface area contributed by atoms with E-state index in [1.54, 1.807) is 12.5 Å². The van der Waals surface area contributed by atoms with Crippen molar-refractivity contribution in [2.24, 2.45) is 0 Å². The summed E-state index contributed by atoms with van der Waals surface area (Å²) in [5.41, 5.74) is 3.88. The van der Waals surface area contributed by atoms with E-state index in [0.29, 0.717) is 28.9 Å². The number of aromatic nitrogens is 5. The topological polar surface area (TPSA) is 105 Å². The van der Waals surface area contributed by atoms with E-state index in [0.717, 1.165) is 55.5 Å². The van der Waals surface area contributed by atoms with Gasteiger partial charge in [0.2, 0.25) is 5.95 Å². The Morgan fingerprint density at radius 1 is 1.06 bits per heavy atom. The van der Waals surface area contributed by atoms with Crippen molar-refractivity contribution in [3.8, 4) is 0 Å². The number of imidazole rings is 1. The number of benzene rings is 1. The first-order chi connectivity index (χ1) is 17.2. The minimum Gasteiger partial charge on any atom is -0.351 e. The molecule has 0 saturated carbocycles. The predicted octanol–water partition coefficient (Wildman–Crippen LogP) is 4.31. The molecule has 0 atom stereocenters. The van der Waals surface area contributed by atoms with Crippen LogP contribution in [0.15, 0.2) is 54.2 Å². The van der Waals surface area contributed by atoms with Crippen LogP contribution in [-0.2, 0) is 9.84 Å². The molecule has 0 spiro atoms. The second-order valence-corrected chi connectivity index (χ2v) is 11.4. The van der Waals surface area contributed by atoms with Crippen molar-refractivity contribution in [1.29, 1.82) is 0 Å². The Labute approximate surface area is 209 Å². The summed E-state index contributed by atoms with van der Waals surface area (Å²) in [5.74, 6) is 0.660. The summed E-state index contributed by atoms with van der Waals surface area (Å²) in [7, 11) is -3.64. The van der Waals surface area contributed by atoms with Crippen LogP contribution < -0.4 is 10.2 Å². The zero-order valence-electron chi connectivity index (χ0n) is 20.4. The van der Waals surface area contributed by atoms with E-state index >= 15 is 0 Å². The zero-order valence-corrected chi connectivity index (χ0v) is 21.2. The Hall–Kier alpha value is -3.60. The van der Waals surface area contributed by atoms with Crippen molar-refractivity contribution >= 4 is 32.8 Å². The predicted molar refractivity (Wildman–Crippen MR) is 136 cm³/mol. The van der Waals surface area contributed by atoms with Crippen molar-refractivity contribution in [2.75, 3.05) is 29.6 Å². The minimum absolute atomic E-state index is 0.301. The monoisotopic (exact) mass is 509 g/mol. The molecule has 1 aliphatic rings. The highest BCUT2D eigenvalue weighted by Gasteiger charge is 2.25. The van der Waals surface area contributed by atoms with Crippen molar-refractivity contribution in [3.63, 3.8) is 0 Å². The number of nitrogens with one attached hydrogen (secondary N) is 1. The fourth-order valence-electron chi connectivity index (χ4n) is 4.52. The number of halogens is 1. The van der Waals surface area contributed by atoms with E-state index in [-0.39, 0.29) is 4.90 Å². The van der Waals surface area contributed by atoms with Gasteiger partial charge in [-0.2, -0.15) is 0 Å². The molecule has 0 unspecified atom stereocenters. The Morgan fingerprint density at radius 3 is 2.42 bits per heavy atom. The number of fused-ring (bicyclic) bond motifs is 1. The van der Waals surface area contributed by atoms with Crippen LogP contribution in [-0.4, -0.2) is 52.1 Å². The van der Waals surface area contributed by atoms with E-state index in [1.165, 1.54) is 12.1 Å². The molecule has 5 rings (SSSR count). The number of rotatable bonds is 6. The fourth-order valence-corrected chi connectivity index (χ4v) is 5.25. The third-order valence-electron chi connectivity index (χ3n) is 6.58. The summed E-state index contributed by atoms with van der Waals surface area (Å²) in [4.78, 5) is 19.9.